The van der Waals surface area contributed by atoms with Crippen molar-refractivity contribution in [3.8, 4) is 11.4 Å². The number of urea groups is 1. The van der Waals surface area contributed by atoms with Crippen molar-refractivity contribution in [2.45, 2.75) is 59.0 Å². The van der Waals surface area contributed by atoms with E-state index in [4.69, 9.17) is 14.6 Å². The molecule has 0 bridgehead atoms. The molecule has 244 valence electrons. The SMILES string of the molecule is COCC(=O)Nc1cc(CC(C)(C)Oc2ccc(NC(=O)Nc3cc(C(C)(C)C)nn3-c3ccc(C)cc3)c3ccccc23)ccn1. The minimum Gasteiger partial charge on any atom is -0.487 e. The molecule has 5 rings (SSSR count). The van der Waals surface area contributed by atoms with Crippen LogP contribution in [0.2, 0.25) is 0 Å². The van der Waals surface area contributed by atoms with Crippen molar-refractivity contribution in [2.24, 2.45) is 0 Å². The first-order chi connectivity index (χ1) is 22.3. The summed E-state index contributed by atoms with van der Waals surface area (Å²) in [6.07, 6.45) is 2.22. The van der Waals surface area contributed by atoms with Crippen LogP contribution in [0.15, 0.2) is 85.1 Å². The number of fused-ring (bicyclic) bond motifs is 1. The number of anilines is 3. The maximum absolute atomic E-state index is 13.4. The van der Waals surface area contributed by atoms with Crippen LogP contribution >= 0.6 is 0 Å². The number of carbonyl (C=O) groups is 2. The molecular weight excluding hydrogens is 592 g/mol. The van der Waals surface area contributed by atoms with Crippen LogP contribution in [0.3, 0.4) is 0 Å². The van der Waals surface area contributed by atoms with Gasteiger partial charge in [0.2, 0.25) is 0 Å². The molecule has 0 aliphatic heterocycles. The van der Waals surface area contributed by atoms with E-state index in [1.807, 2.05) is 99.6 Å². The highest BCUT2D eigenvalue weighted by Gasteiger charge is 2.24. The molecule has 5 aromatic rings. The first-order valence-corrected chi connectivity index (χ1v) is 15.5. The van der Waals surface area contributed by atoms with Crippen LogP contribution in [0.5, 0.6) is 5.75 Å². The zero-order valence-corrected chi connectivity index (χ0v) is 28.0. The van der Waals surface area contributed by atoms with Gasteiger partial charge in [0.05, 0.1) is 17.1 Å². The van der Waals surface area contributed by atoms with Crippen LogP contribution in [0.25, 0.3) is 16.5 Å². The van der Waals surface area contributed by atoms with Crippen LogP contribution in [0.1, 0.15) is 51.4 Å². The number of nitrogens with zero attached hydrogens (tertiary/aromatic N) is 3. The number of benzene rings is 3. The fraction of sp³-hybridized carbons (Fsp3) is 0.297. The number of aromatic nitrogens is 3. The molecule has 0 fully saturated rings. The molecule has 3 amide bonds. The molecule has 47 heavy (non-hydrogen) atoms. The average molecular weight is 635 g/mol. The number of hydrogen-bond acceptors (Lipinski definition) is 6. The van der Waals surface area contributed by atoms with Crippen molar-refractivity contribution in [3.63, 3.8) is 0 Å². The Kier molecular flexibility index (Phi) is 9.62. The number of ether oxygens (including phenoxy) is 2. The Balaban J connectivity index is 1.34. The number of rotatable bonds is 10. The second-order valence-corrected chi connectivity index (χ2v) is 13.2. The van der Waals surface area contributed by atoms with Gasteiger partial charge in [-0.25, -0.2) is 14.5 Å². The highest BCUT2D eigenvalue weighted by Crippen LogP contribution is 2.35. The highest BCUT2D eigenvalue weighted by molar-refractivity contribution is 6.07. The Morgan fingerprint density at radius 2 is 1.57 bits per heavy atom. The summed E-state index contributed by atoms with van der Waals surface area (Å²) in [5.41, 5.74) is 3.65. The molecule has 0 saturated carbocycles. The molecule has 0 unspecified atom stereocenters. The van der Waals surface area contributed by atoms with Crippen LogP contribution in [0, 0.1) is 6.92 Å². The Morgan fingerprint density at radius 3 is 2.28 bits per heavy atom. The van der Waals surface area contributed by atoms with E-state index in [1.165, 1.54) is 7.11 Å². The summed E-state index contributed by atoms with van der Waals surface area (Å²) in [5.74, 6) is 1.44. The number of hydrogen-bond donors (Lipinski definition) is 3. The topological polar surface area (TPSA) is 119 Å². The van der Waals surface area contributed by atoms with Gasteiger partial charge in [-0.2, -0.15) is 5.10 Å². The summed E-state index contributed by atoms with van der Waals surface area (Å²) in [5, 5.41) is 15.3. The molecule has 0 saturated heterocycles. The largest absolute Gasteiger partial charge is 0.487 e. The molecule has 2 aromatic heterocycles. The molecule has 10 nitrogen and oxygen atoms in total. The summed E-state index contributed by atoms with van der Waals surface area (Å²) in [6, 6.07) is 24.8. The molecule has 0 aliphatic carbocycles. The first kappa shape index (κ1) is 33.2. The molecule has 0 aliphatic rings. The first-order valence-electron chi connectivity index (χ1n) is 15.5. The monoisotopic (exact) mass is 634 g/mol. The lowest BCUT2D eigenvalue weighted by Crippen LogP contribution is -2.31. The smallest absolute Gasteiger partial charge is 0.324 e. The van der Waals surface area contributed by atoms with E-state index in [0.29, 0.717) is 29.5 Å². The summed E-state index contributed by atoms with van der Waals surface area (Å²) < 4.78 is 13.2. The minimum absolute atomic E-state index is 0.0453. The summed E-state index contributed by atoms with van der Waals surface area (Å²) in [6.45, 7) is 12.3. The van der Waals surface area contributed by atoms with Gasteiger partial charge in [-0.05, 0) is 62.7 Å². The van der Waals surface area contributed by atoms with Crippen LogP contribution < -0.4 is 20.7 Å². The van der Waals surface area contributed by atoms with E-state index in [2.05, 4.69) is 41.7 Å². The predicted octanol–water partition coefficient (Wildman–Crippen LogP) is 7.66. The van der Waals surface area contributed by atoms with Crippen molar-refractivity contribution in [3.05, 3.63) is 102 Å². The summed E-state index contributed by atoms with van der Waals surface area (Å²) in [4.78, 5) is 29.6. The third-order valence-corrected chi connectivity index (χ3v) is 7.51. The number of methoxy groups -OCH3 is 1. The van der Waals surface area contributed by atoms with E-state index in [9.17, 15) is 9.59 Å². The average Bonchev–Trinajstić information content (AvgIpc) is 3.43. The summed E-state index contributed by atoms with van der Waals surface area (Å²) in [7, 11) is 1.47. The van der Waals surface area contributed by atoms with Crippen LogP contribution in [-0.4, -0.2) is 46.0 Å². The number of carbonyl (C=O) groups excluding carboxylic acids is 2. The quantitative estimate of drug-likeness (QED) is 0.145. The molecule has 0 spiro atoms. The molecule has 0 atom stereocenters. The Hall–Kier alpha value is -5.22. The van der Waals surface area contributed by atoms with Gasteiger partial charge in [0.1, 0.15) is 29.6 Å². The third kappa shape index (κ3) is 8.33. The van der Waals surface area contributed by atoms with Gasteiger partial charge in [0.25, 0.3) is 5.91 Å². The highest BCUT2D eigenvalue weighted by atomic mass is 16.5. The molecule has 10 heteroatoms. The molecule has 3 N–H and O–H groups in total. The van der Waals surface area contributed by atoms with Gasteiger partial charge in [0, 0.05) is 42.0 Å². The van der Waals surface area contributed by atoms with E-state index >= 15 is 0 Å². The number of nitrogens with one attached hydrogen (secondary N) is 3. The van der Waals surface area contributed by atoms with Crippen molar-refractivity contribution < 1.29 is 19.1 Å². The Bertz CT molecular complexity index is 1890. The minimum atomic E-state index is -0.608. The predicted molar refractivity (Wildman–Crippen MR) is 187 cm³/mol. The van der Waals surface area contributed by atoms with Gasteiger partial charge in [-0.1, -0.05) is 62.7 Å². The number of pyridine rings is 1. The molecular formula is C37H42N6O4. The van der Waals surface area contributed by atoms with E-state index in [1.54, 1.807) is 10.9 Å². The lowest BCUT2D eigenvalue weighted by Gasteiger charge is -2.28. The van der Waals surface area contributed by atoms with Gasteiger partial charge in [-0.15, -0.1) is 0 Å². The lowest BCUT2D eigenvalue weighted by molar-refractivity contribution is -0.119. The lowest BCUT2D eigenvalue weighted by atomic mass is 9.92. The number of aryl methyl sites for hydroxylation is 1. The second-order valence-electron chi connectivity index (χ2n) is 13.2. The van der Waals surface area contributed by atoms with Crippen molar-refractivity contribution in [1.82, 2.24) is 14.8 Å². The van der Waals surface area contributed by atoms with Gasteiger partial charge < -0.3 is 20.1 Å². The van der Waals surface area contributed by atoms with E-state index in [0.717, 1.165) is 33.3 Å². The fourth-order valence-corrected chi connectivity index (χ4v) is 5.25. The summed E-state index contributed by atoms with van der Waals surface area (Å²) >= 11 is 0. The third-order valence-electron chi connectivity index (χ3n) is 7.51. The van der Waals surface area contributed by atoms with Gasteiger partial charge in [-0.3, -0.25) is 10.1 Å². The normalized spacial score (nSPS) is 11.7. The van der Waals surface area contributed by atoms with Gasteiger partial charge in [0.15, 0.2) is 0 Å². The van der Waals surface area contributed by atoms with E-state index < -0.39 is 5.60 Å². The standard InChI is InChI=1S/C37H42N6O4/c1-24-12-14-26(15-13-24)43-33(21-31(42-43)36(2,3)4)41-35(45)39-29-16-17-30(28-11-9-8-10-27(28)29)47-37(5,6)22-25-18-19-38-32(20-25)40-34(44)23-46-7/h8-21H,22-23H2,1-7H3,(H,38,40,44)(H2,39,41,45). The molecule has 3 aromatic carbocycles. The maximum atomic E-state index is 13.4. The van der Waals surface area contributed by atoms with Crippen LogP contribution in [-0.2, 0) is 21.4 Å². The zero-order chi connectivity index (χ0) is 33.8. The second kappa shape index (κ2) is 13.6. The fourth-order valence-electron chi connectivity index (χ4n) is 5.25. The van der Waals surface area contributed by atoms with Crippen molar-refractivity contribution >= 4 is 40.0 Å². The zero-order valence-electron chi connectivity index (χ0n) is 28.0. The van der Waals surface area contributed by atoms with Crippen LogP contribution in [0.4, 0.5) is 22.1 Å². The Labute approximate surface area is 275 Å². The van der Waals surface area contributed by atoms with Crippen molar-refractivity contribution in [2.75, 3.05) is 29.7 Å². The van der Waals surface area contributed by atoms with Gasteiger partial charge >= 0.3 is 6.03 Å². The van der Waals surface area contributed by atoms with Crippen molar-refractivity contribution in [1.29, 1.82) is 0 Å². The Morgan fingerprint density at radius 1 is 0.851 bits per heavy atom. The molecule has 0 radical (unpaired) electrons. The maximum Gasteiger partial charge on any atom is 0.324 e. The van der Waals surface area contributed by atoms with E-state index in [-0.39, 0.29) is 24.0 Å². The number of amides is 3. The molecule has 2 heterocycles.